The van der Waals surface area contributed by atoms with E-state index in [-0.39, 0.29) is 5.91 Å². The normalized spacial score (nSPS) is 10.0. The molecular weight excluding hydrogens is 262 g/mol. The number of thiophene rings is 1. The zero-order valence-electron chi connectivity index (χ0n) is 10.8. The number of hydrogen-bond donors (Lipinski definition) is 1. The standard InChI is InChI=1S/C14H15NO3S/c1-17-10-5-6-13(18-2)12(8-10)14(16)15-9-11-4-3-7-19-11/h3-8H,9H2,1-2H3,(H,15,16). The van der Waals surface area contributed by atoms with Crippen molar-refractivity contribution in [1.82, 2.24) is 5.32 Å². The van der Waals surface area contributed by atoms with Crippen molar-refractivity contribution >= 4 is 17.2 Å². The number of benzene rings is 1. The molecule has 0 bridgehead atoms. The largest absolute Gasteiger partial charge is 0.497 e. The Morgan fingerprint density at radius 2 is 2.11 bits per heavy atom. The summed E-state index contributed by atoms with van der Waals surface area (Å²) in [7, 11) is 3.10. The Hall–Kier alpha value is -2.01. The molecule has 5 heteroatoms. The van der Waals surface area contributed by atoms with Gasteiger partial charge in [-0.25, -0.2) is 0 Å². The minimum atomic E-state index is -0.177. The number of rotatable bonds is 5. The van der Waals surface area contributed by atoms with Gasteiger partial charge in [-0.15, -0.1) is 11.3 Å². The Morgan fingerprint density at radius 3 is 2.74 bits per heavy atom. The van der Waals surface area contributed by atoms with Crippen LogP contribution in [0.2, 0.25) is 0 Å². The van der Waals surface area contributed by atoms with Crippen LogP contribution in [0.25, 0.3) is 0 Å². The number of carbonyl (C=O) groups excluding carboxylic acids is 1. The second-order valence-electron chi connectivity index (χ2n) is 3.83. The highest BCUT2D eigenvalue weighted by Gasteiger charge is 2.13. The van der Waals surface area contributed by atoms with Crippen molar-refractivity contribution in [2.45, 2.75) is 6.54 Å². The molecule has 100 valence electrons. The minimum absolute atomic E-state index is 0.177. The number of hydrogen-bond acceptors (Lipinski definition) is 4. The van der Waals surface area contributed by atoms with Crippen LogP contribution in [0.3, 0.4) is 0 Å². The Labute approximate surface area is 116 Å². The van der Waals surface area contributed by atoms with E-state index in [4.69, 9.17) is 9.47 Å². The molecule has 0 fully saturated rings. The maximum absolute atomic E-state index is 12.1. The highest BCUT2D eigenvalue weighted by atomic mass is 32.1. The predicted molar refractivity (Wildman–Crippen MR) is 75.0 cm³/mol. The monoisotopic (exact) mass is 277 g/mol. The van der Waals surface area contributed by atoms with Crippen LogP contribution < -0.4 is 14.8 Å². The third-order valence-electron chi connectivity index (χ3n) is 2.65. The SMILES string of the molecule is COc1ccc(OC)c(C(=O)NCc2cccs2)c1. The molecule has 0 aliphatic rings. The summed E-state index contributed by atoms with van der Waals surface area (Å²) in [6.07, 6.45) is 0. The van der Waals surface area contributed by atoms with E-state index in [2.05, 4.69) is 5.32 Å². The Kier molecular flexibility index (Phi) is 4.41. The van der Waals surface area contributed by atoms with Gasteiger partial charge >= 0.3 is 0 Å². The van der Waals surface area contributed by atoms with Gasteiger partial charge in [0.1, 0.15) is 11.5 Å². The first-order valence-electron chi connectivity index (χ1n) is 5.77. The second kappa shape index (κ2) is 6.24. The maximum Gasteiger partial charge on any atom is 0.255 e. The van der Waals surface area contributed by atoms with Gasteiger partial charge in [-0.05, 0) is 29.6 Å². The summed E-state index contributed by atoms with van der Waals surface area (Å²) in [6.45, 7) is 0.511. The number of ether oxygens (including phenoxy) is 2. The maximum atomic E-state index is 12.1. The molecule has 0 spiro atoms. The number of carbonyl (C=O) groups is 1. The Morgan fingerprint density at radius 1 is 1.26 bits per heavy atom. The molecule has 0 unspecified atom stereocenters. The lowest BCUT2D eigenvalue weighted by molar-refractivity contribution is 0.0948. The van der Waals surface area contributed by atoms with Crippen molar-refractivity contribution in [3.8, 4) is 11.5 Å². The molecule has 0 saturated heterocycles. The van der Waals surface area contributed by atoms with Gasteiger partial charge < -0.3 is 14.8 Å². The highest BCUT2D eigenvalue weighted by molar-refractivity contribution is 7.09. The lowest BCUT2D eigenvalue weighted by atomic mass is 10.1. The van der Waals surface area contributed by atoms with E-state index in [1.165, 1.54) is 7.11 Å². The summed E-state index contributed by atoms with van der Waals surface area (Å²) in [4.78, 5) is 13.3. The van der Waals surface area contributed by atoms with Crippen LogP contribution in [0, 0.1) is 0 Å². The number of methoxy groups -OCH3 is 2. The fourth-order valence-electron chi connectivity index (χ4n) is 1.67. The van der Waals surface area contributed by atoms with E-state index in [9.17, 15) is 4.79 Å². The number of amides is 1. The van der Waals surface area contributed by atoms with Gasteiger partial charge in [-0.1, -0.05) is 6.07 Å². The van der Waals surface area contributed by atoms with E-state index in [0.717, 1.165) is 4.88 Å². The van der Waals surface area contributed by atoms with Gasteiger partial charge in [0.15, 0.2) is 0 Å². The van der Waals surface area contributed by atoms with Crippen LogP contribution in [0.5, 0.6) is 11.5 Å². The molecule has 19 heavy (non-hydrogen) atoms. The van der Waals surface area contributed by atoms with Gasteiger partial charge in [-0.3, -0.25) is 4.79 Å². The summed E-state index contributed by atoms with van der Waals surface area (Å²) in [5, 5.41) is 4.84. The molecule has 0 aliphatic heterocycles. The lowest BCUT2D eigenvalue weighted by Crippen LogP contribution is -2.22. The minimum Gasteiger partial charge on any atom is -0.497 e. The van der Waals surface area contributed by atoms with E-state index < -0.39 is 0 Å². The summed E-state index contributed by atoms with van der Waals surface area (Å²) in [5.74, 6) is 0.982. The highest BCUT2D eigenvalue weighted by Crippen LogP contribution is 2.23. The van der Waals surface area contributed by atoms with Crippen molar-refractivity contribution in [2.24, 2.45) is 0 Å². The van der Waals surface area contributed by atoms with Crippen molar-refractivity contribution in [3.05, 3.63) is 46.2 Å². The first-order valence-corrected chi connectivity index (χ1v) is 6.65. The Balaban J connectivity index is 2.12. The van der Waals surface area contributed by atoms with Gasteiger partial charge in [0, 0.05) is 4.88 Å². The van der Waals surface area contributed by atoms with Crippen molar-refractivity contribution < 1.29 is 14.3 Å². The van der Waals surface area contributed by atoms with Crippen LogP contribution in [-0.2, 0) is 6.54 Å². The molecular formula is C14H15NO3S. The molecule has 1 aromatic heterocycles. The van der Waals surface area contributed by atoms with Crippen LogP contribution in [0.15, 0.2) is 35.7 Å². The smallest absolute Gasteiger partial charge is 0.255 e. The van der Waals surface area contributed by atoms with Crippen LogP contribution in [0.4, 0.5) is 0 Å². The summed E-state index contributed by atoms with van der Waals surface area (Å²) >= 11 is 1.61. The Bertz CT molecular complexity index is 552. The zero-order chi connectivity index (χ0) is 13.7. The van der Waals surface area contributed by atoms with E-state index >= 15 is 0 Å². The second-order valence-corrected chi connectivity index (χ2v) is 4.86. The molecule has 1 amide bonds. The van der Waals surface area contributed by atoms with Crippen molar-refractivity contribution in [1.29, 1.82) is 0 Å². The molecule has 2 rings (SSSR count). The van der Waals surface area contributed by atoms with Crippen LogP contribution in [0.1, 0.15) is 15.2 Å². The molecule has 1 heterocycles. The molecule has 1 aromatic carbocycles. The summed E-state index contributed by atoms with van der Waals surface area (Å²) in [6, 6.07) is 9.09. The summed E-state index contributed by atoms with van der Waals surface area (Å²) in [5.41, 5.74) is 0.471. The topological polar surface area (TPSA) is 47.6 Å². The molecule has 4 nitrogen and oxygen atoms in total. The third kappa shape index (κ3) is 3.26. The molecule has 0 atom stereocenters. The number of nitrogens with one attached hydrogen (secondary N) is 1. The van der Waals surface area contributed by atoms with Gasteiger partial charge in [-0.2, -0.15) is 0 Å². The first kappa shape index (κ1) is 13.4. The molecule has 0 saturated carbocycles. The fraction of sp³-hybridized carbons (Fsp3) is 0.214. The van der Waals surface area contributed by atoms with Gasteiger partial charge in [0.25, 0.3) is 5.91 Å². The lowest BCUT2D eigenvalue weighted by Gasteiger charge is -2.10. The van der Waals surface area contributed by atoms with Gasteiger partial charge in [0.2, 0.25) is 0 Å². The van der Waals surface area contributed by atoms with Crippen LogP contribution in [-0.4, -0.2) is 20.1 Å². The van der Waals surface area contributed by atoms with Crippen LogP contribution >= 0.6 is 11.3 Å². The van der Waals surface area contributed by atoms with Crippen molar-refractivity contribution in [2.75, 3.05) is 14.2 Å². The van der Waals surface area contributed by atoms with Gasteiger partial charge in [0.05, 0.1) is 26.3 Å². The average molecular weight is 277 g/mol. The molecule has 0 aliphatic carbocycles. The first-order chi connectivity index (χ1) is 9.24. The van der Waals surface area contributed by atoms with E-state index in [0.29, 0.717) is 23.6 Å². The quantitative estimate of drug-likeness (QED) is 0.914. The predicted octanol–water partition coefficient (Wildman–Crippen LogP) is 2.70. The molecule has 1 N–H and O–H groups in total. The molecule has 0 radical (unpaired) electrons. The molecule has 2 aromatic rings. The summed E-state index contributed by atoms with van der Waals surface area (Å²) < 4.78 is 10.3. The zero-order valence-corrected chi connectivity index (χ0v) is 11.6. The van der Waals surface area contributed by atoms with E-state index in [1.54, 1.807) is 36.6 Å². The third-order valence-corrected chi connectivity index (χ3v) is 3.53. The van der Waals surface area contributed by atoms with Crippen molar-refractivity contribution in [3.63, 3.8) is 0 Å². The van der Waals surface area contributed by atoms with E-state index in [1.807, 2.05) is 17.5 Å². The fourth-order valence-corrected chi connectivity index (χ4v) is 2.31. The average Bonchev–Trinajstić information content (AvgIpc) is 2.97.